The first kappa shape index (κ1) is 9.49. The van der Waals surface area contributed by atoms with Crippen molar-refractivity contribution in [3.63, 3.8) is 0 Å². The molecule has 0 spiro atoms. The van der Waals surface area contributed by atoms with Gasteiger partial charge in [-0.3, -0.25) is 0 Å². The van der Waals surface area contributed by atoms with Gasteiger partial charge < -0.3 is 20.7 Å². The monoisotopic (exact) mass is 199 g/mol. The van der Waals surface area contributed by atoms with Gasteiger partial charge in [0, 0.05) is 17.1 Å². The Morgan fingerprint density at radius 1 is 1.21 bits per heavy atom. The molecule has 2 rings (SSSR count). The number of benzene rings is 1. The molecule has 3 N–H and O–H groups in total. The van der Waals surface area contributed by atoms with E-state index in [1.807, 2.05) is 0 Å². The summed E-state index contributed by atoms with van der Waals surface area (Å²) in [6.07, 6.45) is 0. The number of nitrogens with one attached hydrogen (secondary N) is 3. The van der Waals surface area contributed by atoms with E-state index in [4.69, 9.17) is 0 Å². The fourth-order valence-corrected chi connectivity index (χ4v) is 1.30. The summed E-state index contributed by atoms with van der Waals surface area (Å²) in [4.78, 5) is 4.38. The molecule has 0 saturated carbocycles. The number of fused-ring (bicyclic) bond motifs is 1. The molecule has 0 radical (unpaired) electrons. The highest BCUT2D eigenvalue weighted by Gasteiger charge is 2.30. The van der Waals surface area contributed by atoms with Crippen LogP contribution in [0.2, 0.25) is 0 Å². The van der Waals surface area contributed by atoms with Crippen LogP contribution in [-0.4, -0.2) is 7.05 Å². The Morgan fingerprint density at radius 3 is 2.50 bits per heavy atom. The molecule has 1 aliphatic heterocycles. The zero-order valence-corrected chi connectivity index (χ0v) is 7.37. The quantitative estimate of drug-likeness (QED) is 0.337. The van der Waals surface area contributed by atoms with Gasteiger partial charge in [0.2, 0.25) is 11.4 Å². The number of hydrogen-bond acceptors (Lipinski definition) is 4. The molecule has 0 aromatic heterocycles. The van der Waals surface area contributed by atoms with Gasteiger partial charge in [0.25, 0.3) is 0 Å². The molecule has 0 amide bonds. The van der Waals surface area contributed by atoms with Crippen molar-refractivity contribution in [2.75, 3.05) is 7.05 Å². The molecule has 3 atom stereocenters. The number of hydroxylamine groups is 1. The zero-order chi connectivity index (χ0) is 10.3. The lowest BCUT2D eigenvalue weighted by molar-refractivity contribution is -1.24. The Morgan fingerprint density at radius 2 is 1.86 bits per heavy atom. The van der Waals surface area contributed by atoms with Crippen LogP contribution >= 0.6 is 0 Å². The zero-order valence-electron chi connectivity index (χ0n) is 7.37. The highest BCUT2D eigenvalue weighted by Crippen LogP contribution is 2.18. The van der Waals surface area contributed by atoms with Gasteiger partial charge in [-0.2, -0.15) is 0 Å². The molecule has 1 aromatic carbocycles. The molecule has 1 aromatic rings. The first-order chi connectivity index (χ1) is 6.59. The van der Waals surface area contributed by atoms with E-state index in [2.05, 4.69) is 4.94 Å². The lowest BCUT2D eigenvalue weighted by Crippen LogP contribution is -3.15. The normalized spacial score (nSPS) is 27.4. The smallest absolute Gasteiger partial charge is 0.239 e. The van der Waals surface area contributed by atoms with Crippen molar-refractivity contribution >= 4 is 17.1 Å². The molecule has 0 bridgehead atoms. The lowest BCUT2D eigenvalue weighted by atomic mass is 10.2. The summed E-state index contributed by atoms with van der Waals surface area (Å²) >= 11 is 0. The highest BCUT2D eigenvalue weighted by molar-refractivity contribution is 5.57. The Kier molecular flexibility index (Phi) is 2.21. The standard InChI is InChI=1S/C7H9N3O4/c1-8(11)5-2-3-6-7(4-5)10(13)14-9(6)12/h2-4,8-10H,1H3. The average Bonchev–Trinajstić information content (AvgIpc) is 2.42. The second kappa shape index (κ2) is 3.26. The van der Waals surface area contributed by atoms with E-state index in [1.165, 1.54) is 25.2 Å². The minimum Gasteiger partial charge on any atom is -0.629 e. The number of rotatable bonds is 1. The summed E-state index contributed by atoms with van der Waals surface area (Å²) in [5.74, 6) is 0. The van der Waals surface area contributed by atoms with E-state index in [0.29, 0.717) is 5.69 Å². The van der Waals surface area contributed by atoms with Crippen LogP contribution in [-0.2, 0) is 4.94 Å². The second-order valence-corrected chi connectivity index (χ2v) is 2.99. The molecule has 7 nitrogen and oxygen atoms in total. The Hall–Kier alpha value is -1.06. The highest BCUT2D eigenvalue weighted by atomic mass is 17.1. The van der Waals surface area contributed by atoms with Crippen LogP contribution in [0.1, 0.15) is 0 Å². The van der Waals surface area contributed by atoms with Crippen LogP contribution in [0.15, 0.2) is 18.2 Å². The Labute approximate surface area is 79.3 Å². The molecule has 1 heterocycles. The van der Waals surface area contributed by atoms with Gasteiger partial charge in [0.15, 0.2) is 0 Å². The topological polar surface area (TPSA) is 91.7 Å². The molecule has 0 saturated heterocycles. The molecule has 3 unspecified atom stereocenters. The third-order valence-electron chi connectivity index (χ3n) is 2.05. The molecular formula is C7H9N3O4. The summed E-state index contributed by atoms with van der Waals surface area (Å²) < 4.78 is 0. The van der Waals surface area contributed by atoms with Crippen molar-refractivity contribution in [3.05, 3.63) is 33.8 Å². The average molecular weight is 199 g/mol. The molecule has 14 heavy (non-hydrogen) atoms. The Balaban J connectivity index is 2.45. The van der Waals surface area contributed by atoms with Gasteiger partial charge in [0.05, 0.1) is 13.1 Å². The molecule has 76 valence electrons. The minimum absolute atomic E-state index is 0.153. The van der Waals surface area contributed by atoms with Crippen molar-refractivity contribution < 1.29 is 20.5 Å². The van der Waals surface area contributed by atoms with Gasteiger partial charge in [-0.05, 0) is 0 Å². The first-order valence-corrected chi connectivity index (χ1v) is 4.01. The maximum absolute atomic E-state index is 11.1. The second-order valence-electron chi connectivity index (χ2n) is 2.99. The number of hydrogen-bond donors (Lipinski definition) is 3. The predicted molar refractivity (Wildman–Crippen MR) is 45.4 cm³/mol. The van der Waals surface area contributed by atoms with Gasteiger partial charge in [-0.15, -0.1) is 10.5 Å². The summed E-state index contributed by atoms with van der Waals surface area (Å²) in [7, 11) is 1.39. The number of quaternary nitrogens is 3. The van der Waals surface area contributed by atoms with Crippen molar-refractivity contribution in [1.82, 2.24) is 0 Å². The summed E-state index contributed by atoms with van der Waals surface area (Å²) in [5, 5.41) is 31.6. The SMILES string of the molecule is C[NH+]([O-])c1ccc2c(c1)[NH+]([O-])O[NH+]2[O-]. The molecule has 0 aliphatic carbocycles. The molecule has 7 heteroatoms. The van der Waals surface area contributed by atoms with E-state index in [9.17, 15) is 15.6 Å². The first-order valence-electron chi connectivity index (χ1n) is 4.01. The maximum Gasteiger partial charge on any atom is 0.239 e. The van der Waals surface area contributed by atoms with Crippen LogP contribution in [0.5, 0.6) is 0 Å². The lowest BCUT2D eigenvalue weighted by Gasteiger charge is -2.15. The van der Waals surface area contributed by atoms with E-state index in [0.717, 1.165) is 0 Å². The van der Waals surface area contributed by atoms with Gasteiger partial charge >= 0.3 is 0 Å². The Bertz CT molecular complexity index is 357. The van der Waals surface area contributed by atoms with Gasteiger partial charge in [0.1, 0.15) is 5.69 Å². The van der Waals surface area contributed by atoms with Crippen molar-refractivity contribution in [3.8, 4) is 0 Å². The molecule has 1 aliphatic rings. The summed E-state index contributed by atoms with van der Waals surface area (Å²) in [5.41, 5.74) is 0.790. The predicted octanol–water partition coefficient (Wildman–Crippen LogP) is -2.78. The van der Waals surface area contributed by atoms with Gasteiger partial charge in [-0.25, -0.2) is 0 Å². The van der Waals surface area contributed by atoms with Crippen molar-refractivity contribution in [2.45, 2.75) is 0 Å². The van der Waals surface area contributed by atoms with E-state index in [1.54, 1.807) is 0 Å². The van der Waals surface area contributed by atoms with E-state index < -0.39 is 10.5 Å². The van der Waals surface area contributed by atoms with E-state index >= 15 is 0 Å². The van der Waals surface area contributed by atoms with Crippen LogP contribution in [0.4, 0.5) is 17.1 Å². The van der Waals surface area contributed by atoms with Crippen LogP contribution < -0.4 is 15.5 Å². The largest absolute Gasteiger partial charge is 0.629 e. The summed E-state index contributed by atoms with van der Waals surface area (Å²) in [6, 6.07) is 4.31. The van der Waals surface area contributed by atoms with E-state index in [-0.39, 0.29) is 16.4 Å². The van der Waals surface area contributed by atoms with Gasteiger partial charge in [-0.1, -0.05) is 0 Å². The van der Waals surface area contributed by atoms with Crippen LogP contribution in [0.3, 0.4) is 0 Å². The third-order valence-corrected chi connectivity index (χ3v) is 2.05. The van der Waals surface area contributed by atoms with Crippen molar-refractivity contribution in [1.29, 1.82) is 0 Å². The summed E-state index contributed by atoms with van der Waals surface area (Å²) in [6.45, 7) is 0. The van der Waals surface area contributed by atoms with Crippen LogP contribution in [0, 0.1) is 15.6 Å². The molecular weight excluding hydrogens is 190 g/mol. The maximum atomic E-state index is 11.1. The van der Waals surface area contributed by atoms with Crippen molar-refractivity contribution in [2.24, 2.45) is 0 Å². The minimum atomic E-state index is -0.687. The fourth-order valence-electron chi connectivity index (χ4n) is 1.30. The fraction of sp³-hybridized carbons (Fsp3) is 0.143. The van der Waals surface area contributed by atoms with Crippen LogP contribution in [0.25, 0.3) is 0 Å². The molecule has 0 fully saturated rings. The third kappa shape index (κ3) is 1.38.